The number of carbonyl (C=O) groups is 1. The maximum atomic E-state index is 12.0. The van der Waals surface area contributed by atoms with Gasteiger partial charge in [-0.1, -0.05) is 69.4 Å². The quantitative estimate of drug-likeness (QED) is 0.349. The van der Waals surface area contributed by atoms with Gasteiger partial charge in [0.1, 0.15) is 5.57 Å². The Labute approximate surface area is 121 Å². The van der Waals surface area contributed by atoms with Crippen LogP contribution in [0.4, 0.5) is 0 Å². The van der Waals surface area contributed by atoms with E-state index < -0.39 is 0 Å². The molecule has 1 aromatic rings. The lowest BCUT2D eigenvalue weighted by molar-refractivity contribution is -0.138. The molecule has 0 saturated heterocycles. The summed E-state index contributed by atoms with van der Waals surface area (Å²) in [5.74, 6) is 5.83. The van der Waals surface area contributed by atoms with E-state index in [9.17, 15) is 4.79 Å². The molecule has 0 aliphatic carbocycles. The van der Waals surface area contributed by atoms with E-state index in [1.54, 1.807) is 6.08 Å². The molecule has 0 N–H and O–H groups in total. The van der Waals surface area contributed by atoms with Crippen LogP contribution in [0.2, 0.25) is 0 Å². The van der Waals surface area contributed by atoms with Crippen molar-refractivity contribution in [2.45, 2.75) is 33.6 Å². The number of rotatable bonds is 5. The summed E-state index contributed by atoms with van der Waals surface area (Å²) >= 11 is 0. The van der Waals surface area contributed by atoms with Gasteiger partial charge in [-0.15, -0.1) is 0 Å². The van der Waals surface area contributed by atoms with Crippen molar-refractivity contribution in [1.29, 1.82) is 0 Å². The molecule has 0 aliphatic heterocycles. The van der Waals surface area contributed by atoms with E-state index in [1.165, 1.54) is 0 Å². The van der Waals surface area contributed by atoms with Crippen molar-refractivity contribution in [3.05, 3.63) is 41.5 Å². The molecule has 1 aromatic carbocycles. The zero-order chi connectivity index (χ0) is 14.8. The fourth-order valence-electron chi connectivity index (χ4n) is 1.47. The summed E-state index contributed by atoms with van der Waals surface area (Å²) in [4.78, 5) is 12.0. The average Bonchev–Trinajstić information content (AvgIpc) is 2.44. The lowest BCUT2D eigenvalue weighted by atomic mass is 10.1. The average molecular weight is 270 g/mol. The van der Waals surface area contributed by atoms with E-state index in [2.05, 4.69) is 18.8 Å². The Morgan fingerprint density at radius 2 is 2.00 bits per heavy atom. The maximum absolute atomic E-state index is 12.0. The Kier molecular flexibility index (Phi) is 7.21. The largest absolute Gasteiger partial charge is 0.462 e. The van der Waals surface area contributed by atoms with Crippen molar-refractivity contribution < 1.29 is 9.53 Å². The summed E-state index contributed by atoms with van der Waals surface area (Å²) < 4.78 is 5.24. The van der Waals surface area contributed by atoms with Crippen LogP contribution in [-0.2, 0) is 9.53 Å². The molecule has 1 rings (SSSR count). The highest BCUT2D eigenvalue weighted by Gasteiger charge is 2.08. The van der Waals surface area contributed by atoms with E-state index in [-0.39, 0.29) is 11.9 Å². The zero-order valence-corrected chi connectivity index (χ0v) is 12.5. The van der Waals surface area contributed by atoms with Crippen LogP contribution in [-0.4, -0.2) is 12.6 Å². The standard InChI is InChI=1S/C18H22O2/c1-4-5-13-20-18(19)17(12-11-15(2)3)14-16-9-7-6-8-10-16/h6-10,14-15H,4-5,13H2,1-3H3. The van der Waals surface area contributed by atoms with Crippen molar-refractivity contribution in [2.75, 3.05) is 6.61 Å². The van der Waals surface area contributed by atoms with Crippen LogP contribution in [0.3, 0.4) is 0 Å². The van der Waals surface area contributed by atoms with Crippen LogP contribution in [0.5, 0.6) is 0 Å². The van der Waals surface area contributed by atoms with Crippen molar-refractivity contribution in [3.63, 3.8) is 0 Å². The third-order valence-electron chi connectivity index (χ3n) is 2.56. The summed E-state index contributed by atoms with van der Waals surface area (Å²) in [7, 11) is 0. The Hall–Kier alpha value is -2.01. The molecular formula is C18H22O2. The minimum absolute atomic E-state index is 0.220. The number of ether oxygens (including phenoxy) is 1. The molecule has 0 bridgehead atoms. The predicted octanol–water partition coefficient (Wildman–Crippen LogP) is 4.07. The van der Waals surface area contributed by atoms with E-state index in [1.807, 2.05) is 44.2 Å². The molecule has 0 aliphatic rings. The number of hydrogen-bond acceptors (Lipinski definition) is 2. The number of benzene rings is 1. The van der Waals surface area contributed by atoms with Gasteiger partial charge >= 0.3 is 5.97 Å². The number of hydrogen-bond donors (Lipinski definition) is 0. The second-order valence-corrected chi connectivity index (χ2v) is 4.88. The zero-order valence-electron chi connectivity index (χ0n) is 12.5. The molecule has 0 amide bonds. The first kappa shape index (κ1) is 16.0. The molecule has 0 radical (unpaired) electrons. The Morgan fingerprint density at radius 3 is 2.60 bits per heavy atom. The second-order valence-electron chi connectivity index (χ2n) is 4.88. The van der Waals surface area contributed by atoms with Crippen molar-refractivity contribution in [2.24, 2.45) is 5.92 Å². The van der Waals surface area contributed by atoms with Gasteiger partial charge in [0.2, 0.25) is 0 Å². The van der Waals surface area contributed by atoms with Crippen LogP contribution in [0, 0.1) is 17.8 Å². The SMILES string of the molecule is CCCCOC(=O)C(C#CC(C)C)=Cc1ccccc1. The molecule has 0 atom stereocenters. The molecule has 0 unspecified atom stereocenters. The molecule has 2 heteroatoms. The smallest absolute Gasteiger partial charge is 0.346 e. The van der Waals surface area contributed by atoms with Gasteiger partial charge in [0.25, 0.3) is 0 Å². The van der Waals surface area contributed by atoms with Gasteiger partial charge in [0.05, 0.1) is 6.61 Å². The summed E-state index contributed by atoms with van der Waals surface area (Å²) in [5, 5.41) is 0. The van der Waals surface area contributed by atoms with Crippen molar-refractivity contribution in [1.82, 2.24) is 0 Å². The second kappa shape index (κ2) is 8.98. The van der Waals surface area contributed by atoms with Gasteiger partial charge in [-0.2, -0.15) is 0 Å². The minimum atomic E-state index is -0.338. The molecule has 0 heterocycles. The Balaban J connectivity index is 2.89. The highest BCUT2D eigenvalue weighted by Crippen LogP contribution is 2.08. The first-order valence-corrected chi connectivity index (χ1v) is 7.09. The topological polar surface area (TPSA) is 26.3 Å². The fourth-order valence-corrected chi connectivity index (χ4v) is 1.47. The third kappa shape index (κ3) is 6.24. The maximum Gasteiger partial charge on any atom is 0.346 e. The van der Waals surface area contributed by atoms with Gasteiger partial charge in [0.15, 0.2) is 0 Å². The van der Waals surface area contributed by atoms with Gasteiger partial charge < -0.3 is 4.74 Å². The van der Waals surface area contributed by atoms with Crippen LogP contribution in [0.1, 0.15) is 39.2 Å². The predicted molar refractivity (Wildman–Crippen MR) is 82.9 cm³/mol. The van der Waals surface area contributed by atoms with Gasteiger partial charge in [-0.05, 0) is 18.1 Å². The van der Waals surface area contributed by atoms with Gasteiger partial charge in [-0.25, -0.2) is 4.79 Å². The van der Waals surface area contributed by atoms with E-state index in [4.69, 9.17) is 4.74 Å². The lowest BCUT2D eigenvalue weighted by Crippen LogP contribution is -2.08. The summed E-state index contributed by atoms with van der Waals surface area (Å²) in [5.41, 5.74) is 1.37. The summed E-state index contributed by atoms with van der Waals surface area (Å²) in [6.07, 6.45) is 3.66. The lowest BCUT2D eigenvalue weighted by Gasteiger charge is -2.03. The van der Waals surface area contributed by atoms with Crippen molar-refractivity contribution in [3.8, 4) is 11.8 Å². The van der Waals surface area contributed by atoms with E-state index in [0.29, 0.717) is 12.2 Å². The third-order valence-corrected chi connectivity index (χ3v) is 2.56. The van der Waals surface area contributed by atoms with Crippen LogP contribution in [0.15, 0.2) is 35.9 Å². The fraction of sp³-hybridized carbons (Fsp3) is 0.389. The highest BCUT2D eigenvalue weighted by atomic mass is 16.5. The number of esters is 1. The van der Waals surface area contributed by atoms with Crippen LogP contribution in [0.25, 0.3) is 6.08 Å². The number of carbonyl (C=O) groups excluding carboxylic acids is 1. The van der Waals surface area contributed by atoms with Crippen LogP contribution >= 0.6 is 0 Å². The normalized spacial score (nSPS) is 10.9. The molecule has 0 saturated carbocycles. The first-order chi connectivity index (χ1) is 9.63. The summed E-state index contributed by atoms with van der Waals surface area (Å²) in [6.45, 7) is 6.50. The van der Waals surface area contributed by atoms with Gasteiger partial charge in [-0.3, -0.25) is 0 Å². The van der Waals surface area contributed by atoms with Crippen LogP contribution < -0.4 is 0 Å². The molecule has 106 valence electrons. The van der Waals surface area contributed by atoms with Gasteiger partial charge in [0, 0.05) is 5.92 Å². The number of unbranched alkanes of at least 4 members (excludes halogenated alkanes) is 1. The summed E-state index contributed by atoms with van der Waals surface area (Å²) in [6, 6.07) is 9.69. The first-order valence-electron chi connectivity index (χ1n) is 7.09. The molecular weight excluding hydrogens is 248 g/mol. The molecule has 0 spiro atoms. The monoisotopic (exact) mass is 270 g/mol. The molecule has 2 nitrogen and oxygen atoms in total. The highest BCUT2D eigenvalue weighted by molar-refractivity contribution is 5.98. The Bertz CT molecular complexity index is 501. The molecule has 0 aromatic heterocycles. The minimum Gasteiger partial charge on any atom is -0.462 e. The van der Waals surface area contributed by atoms with Crippen molar-refractivity contribution >= 4 is 12.0 Å². The van der Waals surface area contributed by atoms with E-state index >= 15 is 0 Å². The van der Waals surface area contributed by atoms with E-state index in [0.717, 1.165) is 18.4 Å². The Morgan fingerprint density at radius 1 is 1.30 bits per heavy atom. The molecule has 0 fully saturated rings. The molecule has 20 heavy (non-hydrogen) atoms.